The Labute approximate surface area is 183 Å². The Morgan fingerprint density at radius 1 is 1.03 bits per heavy atom. The van der Waals surface area contributed by atoms with E-state index in [0.29, 0.717) is 44.0 Å². The van der Waals surface area contributed by atoms with Crippen molar-refractivity contribution in [2.75, 3.05) is 5.32 Å². The zero-order valence-electron chi connectivity index (χ0n) is 16.3. The van der Waals surface area contributed by atoms with Crippen molar-refractivity contribution in [2.24, 2.45) is 0 Å². The summed E-state index contributed by atoms with van der Waals surface area (Å²) < 4.78 is 11.6. The second-order valence-electron chi connectivity index (χ2n) is 7.21. The van der Waals surface area contributed by atoms with Gasteiger partial charge in [-0.2, -0.15) is 0 Å². The summed E-state index contributed by atoms with van der Waals surface area (Å²) in [5.41, 5.74) is 1.24. The lowest BCUT2D eigenvalue weighted by Crippen LogP contribution is -2.42. The van der Waals surface area contributed by atoms with E-state index in [0.717, 1.165) is 0 Å². The van der Waals surface area contributed by atoms with E-state index in [1.807, 2.05) is 18.2 Å². The minimum Gasteiger partial charge on any atom is -0.478 e. The predicted octanol–water partition coefficient (Wildman–Crippen LogP) is 6.60. The number of carbonyl (C=O) groups excluding carboxylic acids is 1. The molecule has 1 N–H and O–H groups in total. The van der Waals surface area contributed by atoms with E-state index in [9.17, 15) is 4.79 Å². The van der Waals surface area contributed by atoms with Crippen molar-refractivity contribution in [1.29, 1.82) is 0 Å². The molecule has 4 rings (SSSR count). The molecule has 0 fully saturated rings. The normalized spacial score (nSPS) is 11.5. The number of anilines is 1. The van der Waals surface area contributed by atoms with Gasteiger partial charge in [0.25, 0.3) is 5.91 Å². The maximum absolute atomic E-state index is 12.8. The van der Waals surface area contributed by atoms with Crippen LogP contribution in [-0.2, 0) is 4.79 Å². The summed E-state index contributed by atoms with van der Waals surface area (Å²) in [5.74, 6) is 0.650. The highest BCUT2D eigenvalue weighted by Gasteiger charge is 2.30. The molecule has 152 valence electrons. The van der Waals surface area contributed by atoms with E-state index in [-0.39, 0.29) is 5.91 Å². The summed E-state index contributed by atoms with van der Waals surface area (Å²) >= 11 is 12.4. The van der Waals surface area contributed by atoms with Crippen LogP contribution in [0.4, 0.5) is 5.69 Å². The number of aromatic nitrogens is 1. The van der Waals surface area contributed by atoms with Gasteiger partial charge >= 0.3 is 0 Å². The average molecular weight is 441 g/mol. The number of para-hydroxylation sites is 1. The molecule has 0 saturated heterocycles. The molecule has 7 heteroatoms. The maximum atomic E-state index is 12.8. The Morgan fingerprint density at radius 3 is 2.57 bits per heavy atom. The van der Waals surface area contributed by atoms with Crippen molar-refractivity contribution in [3.05, 3.63) is 76.8 Å². The molecule has 0 aliphatic heterocycles. The van der Waals surface area contributed by atoms with Crippen LogP contribution >= 0.6 is 23.2 Å². The molecular formula is C23H18Cl2N2O3. The summed E-state index contributed by atoms with van der Waals surface area (Å²) in [6.45, 7) is 3.41. The van der Waals surface area contributed by atoms with Gasteiger partial charge in [0.1, 0.15) is 11.3 Å². The molecule has 1 heterocycles. The first-order valence-corrected chi connectivity index (χ1v) is 9.99. The number of amides is 1. The molecule has 0 saturated carbocycles. The molecule has 0 aliphatic rings. The number of benzene rings is 3. The topological polar surface area (TPSA) is 64.4 Å². The summed E-state index contributed by atoms with van der Waals surface area (Å²) in [5, 5.41) is 3.88. The van der Waals surface area contributed by atoms with Gasteiger partial charge in [0, 0.05) is 10.7 Å². The molecule has 3 aromatic carbocycles. The molecule has 5 nitrogen and oxygen atoms in total. The molecule has 0 atom stereocenters. The van der Waals surface area contributed by atoms with Crippen LogP contribution < -0.4 is 10.1 Å². The van der Waals surface area contributed by atoms with E-state index in [4.69, 9.17) is 32.4 Å². The monoisotopic (exact) mass is 440 g/mol. The maximum Gasteiger partial charge on any atom is 0.267 e. The van der Waals surface area contributed by atoms with Gasteiger partial charge in [-0.1, -0.05) is 41.4 Å². The van der Waals surface area contributed by atoms with E-state index < -0.39 is 5.60 Å². The number of nitrogens with one attached hydrogen (secondary N) is 1. The smallest absolute Gasteiger partial charge is 0.267 e. The predicted molar refractivity (Wildman–Crippen MR) is 119 cm³/mol. The number of fused-ring (bicyclic) bond motifs is 1. The van der Waals surface area contributed by atoms with Gasteiger partial charge in [-0.15, -0.1) is 0 Å². The van der Waals surface area contributed by atoms with Crippen molar-refractivity contribution >= 4 is 45.9 Å². The highest BCUT2D eigenvalue weighted by molar-refractivity contribution is 6.33. The molecule has 4 aromatic rings. The zero-order chi connectivity index (χ0) is 21.3. The van der Waals surface area contributed by atoms with Gasteiger partial charge in [-0.3, -0.25) is 4.79 Å². The number of hydrogen-bond donors (Lipinski definition) is 1. The molecule has 0 aliphatic carbocycles. The van der Waals surface area contributed by atoms with E-state index in [2.05, 4.69) is 10.3 Å². The first kappa shape index (κ1) is 20.3. The number of oxazole rings is 1. The Bertz CT molecular complexity index is 1220. The number of ether oxygens (including phenoxy) is 1. The molecule has 0 unspecified atom stereocenters. The molecule has 1 aromatic heterocycles. The van der Waals surface area contributed by atoms with Gasteiger partial charge in [-0.05, 0) is 62.4 Å². The fraction of sp³-hybridized carbons (Fsp3) is 0.130. The number of rotatable bonds is 5. The minimum absolute atomic E-state index is 0.302. The Balaban J connectivity index is 1.58. The van der Waals surface area contributed by atoms with Crippen molar-refractivity contribution in [3.8, 4) is 17.2 Å². The minimum atomic E-state index is -1.09. The Kier molecular flexibility index (Phi) is 5.41. The molecular weight excluding hydrogens is 423 g/mol. The van der Waals surface area contributed by atoms with Crippen LogP contribution in [0.25, 0.3) is 22.6 Å². The van der Waals surface area contributed by atoms with Crippen LogP contribution in [0.15, 0.2) is 71.1 Å². The van der Waals surface area contributed by atoms with E-state index >= 15 is 0 Å². The fourth-order valence-corrected chi connectivity index (χ4v) is 3.26. The third kappa shape index (κ3) is 4.27. The van der Waals surface area contributed by atoms with Crippen molar-refractivity contribution in [2.45, 2.75) is 19.4 Å². The van der Waals surface area contributed by atoms with E-state index in [1.165, 1.54) is 0 Å². The second kappa shape index (κ2) is 8.01. The molecule has 1 amide bonds. The van der Waals surface area contributed by atoms with Crippen molar-refractivity contribution < 1.29 is 13.9 Å². The van der Waals surface area contributed by atoms with Crippen molar-refractivity contribution in [1.82, 2.24) is 4.98 Å². The number of carbonyl (C=O) groups is 1. The lowest BCUT2D eigenvalue weighted by Gasteiger charge is -2.25. The highest BCUT2D eigenvalue weighted by Crippen LogP contribution is 2.33. The first-order chi connectivity index (χ1) is 14.3. The summed E-state index contributed by atoms with van der Waals surface area (Å²) in [6.07, 6.45) is 0. The number of nitrogens with zero attached hydrogens (tertiary/aromatic N) is 1. The number of halogens is 2. The van der Waals surface area contributed by atoms with Crippen LogP contribution in [-0.4, -0.2) is 16.5 Å². The molecule has 0 radical (unpaired) electrons. The van der Waals surface area contributed by atoms with Gasteiger partial charge in [0.2, 0.25) is 5.89 Å². The summed E-state index contributed by atoms with van der Waals surface area (Å²) in [6, 6.07) is 19.5. The zero-order valence-corrected chi connectivity index (χ0v) is 17.8. The second-order valence-corrected chi connectivity index (χ2v) is 8.05. The van der Waals surface area contributed by atoms with Crippen LogP contribution in [0, 0.1) is 0 Å². The Hall–Kier alpha value is -3.02. The van der Waals surface area contributed by atoms with Crippen LogP contribution in [0.5, 0.6) is 5.75 Å². The van der Waals surface area contributed by atoms with Gasteiger partial charge in [0.05, 0.1) is 10.6 Å². The molecule has 0 bridgehead atoms. The van der Waals surface area contributed by atoms with E-state index in [1.54, 1.807) is 62.4 Å². The largest absolute Gasteiger partial charge is 0.478 e. The van der Waals surface area contributed by atoms with Gasteiger partial charge in [-0.25, -0.2) is 4.98 Å². The SMILES string of the molecule is CC(C)(Oc1ccccc1)C(=O)Nc1ccc(Cl)c(-c2nc3cc(Cl)ccc3o2)c1. The standard InChI is InChI=1S/C23H18Cl2N2O3/c1-23(2,30-16-6-4-3-5-7-16)22(28)26-15-9-10-18(25)17(13-15)21-27-19-12-14(24)8-11-20(19)29-21/h3-13H,1-2H3,(H,26,28). The summed E-state index contributed by atoms with van der Waals surface area (Å²) in [7, 11) is 0. The van der Waals surface area contributed by atoms with Crippen LogP contribution in [0.2, 0.25) is 10.0 Å². The average Bonchev–Trinajstić information content (AvgIpc) is 3.12. The molecule has 30 heavy (non-hydrogen) atoms. The lowest BCUT2D eigenvalue weighted by atomic mass is 10.1. The Morgan fingerprint density at radius 2 is 1.80 bits per heavy atom. The highest BCUT2D eigenvalue weighted by atomic mass is 35.5. The quantitative estimate of drug-likeness (QED) is 0.379. The lowest BCUT2D eigenvalue weighted by molar-refractivity contribution is -0.128. The van der Waals surface area contributed by atoms with Crippen molar-refractivity contribution in [3.63, 3.8) is 0 Å². The first-order valence-electron chi connectivity index (χ1n) is 9.23. The fourth-order valence-electron chi connectivity index (χ4n) is 2.89. The third-order valence-electron chi connectivity index (χ3n) is 4.47. The molecule has 0 spiro atoms. The third-order valence-corrected chi connectivity index (χ3v) is 5.03. The van der Waals surface area contributed by atoms with Gasteiger partial charge in [0.15, 0.2) is 11.2 Å². The number of hydrogen-bond acceptors (Lipinski definition) is 4. The summed E-state index contributed by atoms with van der Waals surface area (Å²) in [4.78, 5) is 17.3. The van der Waals surface area contributed by atoms with Crippen LogP contribution in [0.3, 0.4) is 0 Å². The van der Waals surface area contributed by atoms with Gasteiger partial charge < -0.3 is 14.5 Å². The van der Waals surface area contributed by atoms with Crippen LogP contribution in [0.1, 0.15) is 13.8 Å².